The third-order valence-electron chi connectivity index (χ3n) is 3.89. The van der Waals surface area contributed by atoms with Crippen LogP contribution in [-0.2, 0) is 4.79 Å². The number of carboxylic acid groups (broad SMARTS) is 1. The number of rotatable bonds is 5. The SMILES string of the molecule is CC1CCCC(CN(C)CCC(F)(F)F)(C(=O)O)C1. The summed E-state index contributed by atoms with van der Waals surface area (Å²) in [6.45, 7) is 2.06. The second-order valence-corrected chi connectivity index (χ2v) is 5.89. The lowest BCUT2D eigenvalue weighted by molar-refractivity contribution is -0.154. The number of hydrogen-bond donors (Lipinski definition) is 1. The number of alkyl halides is 3. The molecular weight excluding hydrogens is 259 g/mol. The molecular formula is C13H22F3NO2. The highest BCUT2D eigenvalue weighted by Gasteiger charge is 2.42. The topological polar surface area (TPSA) is 40.5 Å². The van der Waals surface area contributed by atoms with Crippen LogP contribution in [-0.4, -0.2) is 42.3 Å². The van der Waals surface area contributed by atoms with E-state index in [0.717, 1.165) is 12.8 Å². The van der Waals surface area contributed by atoms with Crippen molar-refractivity contribution in [3.8, 4) is 0 Å². The third-order valence-corrected chi connectivity index (χ3v) is 3.89. The molecule has 3 nitrogen and oxygen atoms in total. The number of carbonyl (C=O) groups is 1. The second kappa shape index (κ2) is 6.11. The molecule has 0 amide bonds. The van der Waals surface area contributed by atoms with Crippen LogP contribution in [0.1, 0.15) is 39.0 Å². The first-order valence-corrected chi connectivity index (χ1v) is 6.63. The molecule has 112 valence electrons. The minimum Gasteiger partial charge on any atom is -0.481 e. The maximum Gasteiger partial charge on any atom is 0.390 e. The van der Waals surface area contributed by atoms with Gasteiger partial charge in [0, 0.05) is 13.1 Å². The van der Waals surface area contributed by atoms with Crippen LogP contribution < -0.4 is 0 Å². The Labute approximate surface area is 111 Å². The molecule has 1 saturated carbocycles. The van der Waals surface area contributed by atoms with E-state index in [0.29, 0.717) is 18.8 Å². The third kappa shape index (κ3) is 5.01. The molecule has 1 N–H and O–H groups in total. The summed E-state index contributed by atoms with van der Waals surface area (Å²) in [5.41, 5.74) is -0.877. The molecule has 1 rings (SSSR count). The van der Waals surface area contributed by atoms with Crippen molar-refractivity contribution in [1.82, 2.24) is 4.90 Å². The number of aliphatic carboxylic acids is 1. The van der Waals surface area contributed by atoms with Gasteiger partial charge in [0.05, 0.1) is 11.8 Å². The van der Waals surface area contributed by atoms with E-state index in [1.165, 1.54) is 4.90 Å². The molecule has 0 heterocycles. The normalized spacial score (nSPS) is 28.6. The van der Waals surface area contributed by atoms with Gasteiger partial charge in [-0.2, -0.15) is 13.2 Å². The van der Waals surface area contributed by atoms with Gasteiger partial charge in [-0.25, -0.2) is 0 Å². The zero-order valence-electron chi connectivity index (χ0n) is 11.5. The summed E-state index contributed by atoms with van der Waals surface area (Å²) < 4.78 is 36.5. The van der Waals surface area contributed by atoms with E-state index in [9.17, 15) is 23.1 Å². The molecule has 0 bridgehead atoms. The molecule has 0 spiro atoms. The summed E-state index contributed by atoms with van der Waals surface area (Å²) in [7, 11) is 1.57. The molecule has 0 aromatic heterocycles. The van der Waals surface area contributed by atoms with E-state index >= 15 is 0 Å². The molecule has 0 aromatic rings. The number of nitrogens with zero attached hydrogens (tertiary/aromatic N) is 1. The highest BCUT2D eigenvalue weighted by molar-refractivity contribution is 5.75. The number of halogens is 3. The summed E-state index contributed by atoms with van der Waals surface area (Å²) >= 11 is 0. The summed E-state index contributed by atoms with van der Waals surface area (Å²) in [6, 6.07) is 0. The van der Waals surface area contributed by atoms with Crippen LogP contribution in [0.25, 0.3) is 0 Å². The predicted molar refractivity (Wildman–Crippen MR) is 65.9 cm³/mol. The average Bonchev–Trinajstić information content (AvgIpc) is 2.25. The fraction of sp³-hybridized carbons (Fsp3) is 0.923. The van der Waals surface area contributed by atoms with Crippen molar-refractivity contribution in [3.05, 3.63) is 0 Å². The highest BCUT2D eigenvalue weighted by Crippen LogP contribution is 2.40. The van der Waals surface area contributed by atoms with Crippen LogP contribution in [0, 0.1) is 11.3 Å². The molecule has 0 aromatic carbocycles. The fourth-order valence-electron chi connectivity index (χ4n) is 2.98. The van der Waals surface area contributed by atoms with Crippen LogP contribution >= 0.6 is 0 Å². The summed E-state index contributed by atoms with van der Waals surface area (Å²) in [5.74, 6) is -0.557. The summed E-state index contributed by atoms with van der Waals surface area (Å²) in [5, 5.41) is 9.43. The van der Waals surface area contributed by atoms with E-state index < -0.39 is 24.0 Å². The van der Waals surface area contributed by atoms with Crippen molar-refractivity contribution in [3.63, 3.8) is 0 Å². The van der Waals surface area contributed by atoms with Crippen molar-refractivity contribution in [2.75, 3.05) is 20.1 Å². The highest BCUT2D eigenvalue weighted by atomic mass is 19.4. The number of carboxylic acids is 1. The smallest absolute Gasteiger partial charge is 0.390 e. The van der Waals surface area contributed by atoms with Crippen LogP contribution in [0.4, 0.5) is 13.2 Å². The van der Waals surface area contributed by atoms with E-state index in [4.69, 9.17) is 0 Å². The largest absolute Gasteiger partial charge is 0.481 e. The molecule has 0 radical (unpaired) electrons. The maximum absolute atomic E-state index is 12.2. The molecule has 0 aliphatic heterocycles. The fourth-order valence-corrected chi connectivity index (χ4v) is 2.98. The van der Waals surface area contributed by atoms with Crippen LogP contribution in [0.3, 0.4) is 0 Å². The first-order chi connectivity index (χ1) is 8.65. The van der Waals surface area contributed by atoms with Gasteiger partial charge in [-0.1, -0.05) is 19.8 Å². The molecule has 0 saturated heterocycles. The first kappa shape index (κ1) is 16.3. The Morgan fingerprint density at radius 1 is 1.47 bits per heavy atom. The van der Waals surface area contributed by atoms with Gasteiger partial charge in [0.15, 0.2) is 0 Å². The lowest BCUT2D eigenvalue weighted by atomic mass is 9.69. The Morgan fingerprint density at radius 2 is 2.11 bits per heavy atom. The van der Waals surface area contributed by atoms with Gasteiger partial charge in [0.2, 0.25) is 0 Å². The molecule has 2 unspecified atom stereocenters. The van der Waals surface area contributed by atoms with Crippen molar-refractivity contribution < 1.29 is 23.1 Å². The van der Waals surface area contributed by atoms with Gasteiger partial charge < -0.3 is 10.0 Å². The summed E-state index contributed by atoms with van der Waals surface area (Å²) in [6.07, 6.45) is -2.14. The van der Waals surface area contributed by atoms with Crippen LogP contribution in [0.2, 0.25) is 0 Å². The standard InChI is InChI=1S/C13H22F3NO2/c1-10-4-3-5-12(8-10,11(18)19)9-17(2)7-6-13(14,15)16/h10H,3-9H2,1-2H3,(H,18,19). The Hall–Kier alpha value is -0.780. The monoisotopic (exact) mass is 281 g/mol. The second-order valence-electron chi connectivity index (χ2n) is 5.89. The van der Waals surface area contributed by atoms with Gasteiger partial charge in [-0.05, 0) is 25.8 Å². The average molecular weight is 281 g/mol. The van der Waals surface area contributed by atoms with E-state index in [1.807, 2.05) is 6.92 Å². The molecule has 6 heteroatoms. The Kier molecular flexibility index (Phi) is 5.24. The van der Waals surface area contributed by atoms with Crippen molar-refractivity contribution in [2.24, 2.45) is 11.3 Å². The molecule has 1 aliphatic rings. The first-order valence-electron chi connectivity index (χ1n) is 6.63. The summed E-state index contributed by atoms with van der Waals surface area (Å²) in [4.78, 5) is 13.0. The minimum absolute atomic E-state index is 0.146. The van der Waals surface area contributed by atoms with Gasteiger partial charge in [-0.3, -0.25) is 4.79 Å². The van der Waals surface area contributed by atoms with Gasteiger partial charge in [0.25, 0.3) is 0 Å². The van der Waals surface area contributed by atoms with E-state index in [1.54, 1.807) is 7.05 Å². The van der Waals surface area contributed by atoms with Crippen LogP contribution in [0.15, 0.2) is 0 Å². The lowest BCUT2D eigenvalue weighted by Crippen LogP contribution is -2.45. The lowest BCUT2D eigenvalue weighted by Gasteiger charge is -2.39. The molecule has 1 aliphatic carbocycles. The van der Waals surface area contributed by atoms with Crippen molar-refractivity contribution in [2.45, 2.75) is 45.2 Å². The van der Waals surface area contributed by atoms with Crippen LogP contribution in [0.5, 0.6) is 0 Å². The number of hydrogen-bond acceptors (Lipinski definition) is 2. The Bertz CT molecular complexity index is 320. The van der Waals surface area contributed by atoms with Crippen molar-refractivity contribution in [1.29, 1.82) is 0 Å². The van der Waals surface area contributed by atoms with Crippen molar-refractivity contribution >= 4 is 5.97 Å². The zero-order chi connectivity index (χ0) is 14.7. The minimum atomic E-state index is -4.19. The molecule has 19 heavy (non-hydrogen) atoms. The Morgan fingerprint density at radius 3 is 2.58 bits per heavy atom. The Balaban J connectivity index is 2.61. The quantitative estimate of drug-likeness (QED) is 0.841. The molecule has 1 fully saturated rings. The van der Waals surface area contributed by atoms with E-state index in [-0.39, 0.29) is 13.1 Å². The van der Waals surface area contributed by atoms with Gasteiger partial charge in [0.1, 0.15) is 0 Å². The molecule has 2 atom stereocenters. The predicted octanol–water partition coefficient (Wildman–Crippen LogP) is 3.15. The van der Waals surface area contributed by atoms with E-state index in [2.05, 4.69) is 0 Å². The van der Waals surface area contributed by atoms with Gasteiger partial charge in [-0.15, -0.1) is 0 Å². The van der Waals surface area contributed by atoms with Gasteiger partial charge >= 0.3 is 12.1 Å². The maximum atomic E-state index is 12.2. The zero-order valence-corrected chi connectivity index (χ0v) is 11.5.